The van der Waals surface area contributed by atoms with Gasteiger partial charge in [0.15, 0.2) is 5.56 Å². The highest BCUT2D eigenvalue weighted by molar-refractivity contribution is 5.97. The van der Waals surface area contributed by atoms with E-state index in [4.69, 9.17) is 0 Å². The molecule has 2 N–H and O–H groups in total. The topological polar surface area (TPSA) is 109 Å². The van der Waals surface area contributed by atoms with Crippen LogP contribution in [0.3, 0.4) is 0 Å². The summed E-state index contributed by atoms with van der Waals surface area (Å²) in [5.74, 6) is -0.899. The summed E-state index contributed by atoms with van der Waals surface area (Å²) in [7, 11) is 0. The fourth-order valence-corrected chi connectivity index (χ4v) is 4.36. The van der Waals surface area contributed by atoms with Crippen molar-refractivity contribution in [1.29, 1.82) is 0 Å². The van der Waals surface area contributed by atoms with Crippen molar-refractivity contribution in [2.24, 2.45) is 5.92 Å². The summed E-state index contributed by atoms with van der Waals surface area (Å²) in [6.07, 6.45) is 9.30. The van der Waals surface area contributed by atoms with Crippen molar-refractivity contribution in [3.63, 3.8) is 0 Å². The molecular formula is C23H31N5O4. The van der Waals surface area contributed by atoms with E-state index in [0.717, 1.165) is 43.2 Å². The van der Waals surface area contributed by atoms with Gasteiger partial charge >= 0.3 is 0 Å². The van der Waals surface area contributed by atoms with Crippen molar-refractivity contribution in [1.82, 2.24) is 24.4 Å². The summed E-state index contributed by atoms with van der Waals surface area (Å²) in [6.45, 7) is 7.16. The van der Waals surface area contributed by atoms with E-state index >= 15 is 0 Å². The Bertz CT molecular complexity index is 1130. The average Bonchev–Trinajstić information content (AvgIpc) is 3.26. The quantitative estimate of drug-likeness (QED) is 0.640. The lowest BCUT2D eigenvalue weighted by Crippen LogP contribution is -2.34. The molecule has 0 bridgehead atoms. The number of amides is 2. The van der Waals surface area contributed by atoms with Crippen LogP contribution in [0.4, 0.5) is 0 Å². The third kappa shape index (κ3) is 4.16. The fraction of sp³-hybridized carbons (Fsp3) is 0.565. The molecule has 0 spiro atoms. The second-order valence-corrected chi connectivity index (χ2v) is 9.16. The second kappa shape index (κ2) is 8.80. The zero-order chi connectivity index (χ0) is 23.0. The van der Waals surface area contributed by atoms with Crippen LogP contribution in [0.1, 0.15) is 68.8 Å². The maximum absolute atomic E-state index is 13.0. The smallest absolute Gasteiger partial charge is 0.291 e. The van der Waals surface area contributed by atoms with Crippen molar-refractivity contribution >= 4 is 23.5 Å². The minimum atomic E-state index is -0.674. The van der Waals surface area contributed by atoms with Gasteiger partial charge in [-0.25, -0.2) is 0 Å². The Hall–Kier alpha value is -3.10. The van der Waals surface area contributed by atoms with Crippen LogP contribution >= 0.6 is 0 Å². The molecule has 1 aliphatic heterocycles. The number of likely N-dealkylation sites (tertiary alicyclic amines) is 1. The molecule has 9 nitrogen and oxygen atoms in total. The number of fused-ring (bicyclic) bond motifs is 1. The minimum absolute atomic E-state index is 0.0511. The molecule has 1 aliphatic carbocycles. The number of rotatable bonds is 7. The van der Waals surface area contributed by atoms with E-state index < -0.39 is 11.5 Å². The molecule has 2 aromatic rings. The molecule has 32 heavy (non-hydrogen) atoms. The first kappa shape index (κ1) is 22.1. The van der Waals surface area contributed by atoms with Crippen LogP contribution < -0.4 is 10.9 Å². The Morgan fingerprint density at radius 1 is 1.31 bits per heavy atom. The molecule has 0 radical (unpaired) electrons. The Labute approximate surface area is 186 Å². The van der Waals surface area contributed by atoms with E-state index in [1.165, 1.54) is 16.8 Å². The number of carbonyl (C=O) groups is 2. The number of hydrogen-bond acceptors (Lipinski definition) is 5. The van der Waals surface area contributed by atoms with Gasteiger partial charge in [0.1, 0.15) is 5.65 Å². The number of aromatic nitrogens is 3. The molecule has 1 saturated heterocycles. The van der Waals surface area contributed by atoms with Crippen LogP contribution in [-0.4, -0.2) is 54.6 Å². The van der Waals surface area contributed by atoms with Crippen LogP contribution in [0.5, 0.6) is 5.88 Å². The zero-order valence-corrected chi connectivity index (χ0v) is 18.9. The molecule has 2 aliphatic rings. The Morgan fingerprint density at radius 2 is 2.06 bits per heavy atom. The van der Waals surface area contributed by atoms with E-state index in [2.05, 4.69) is 17.3 Å². The normalized spacial score (nSPS) is 18.9. The first-order chi connectivity index (χ1) is 15.3. The van der Waals surface area contributed by atoms with E-state index in [9.17, 15) is 19.5 Å². The fourth-order valence-electron chi connectivity index (χ4n) is 4.36. The maximum Gasteiger partial charge on any atom is 0.291 e. The first-order valence-corrected chi connectivity index (χ1v) is 11.4. The third-order valence-electron chi connectivity index (χ3n) is 6.14. The summed E-state index contributed by atoms with van der Waals surface area (Å²) >= 11 is 0. The van der Waals surface area contributed by atoms with Crippen molar-refractivity contribution in [2.75, 3.05) is 6.54 Å². The van der Waals surface area contributed by atoms with Crippen LogP contribution in [0.25, 0.3) is 11.7 Å². The van der Waals surface area contributed by atoms with Crippen LogP contribution in [-0.2, 0) is 11.3 Å². The summed E-state index contributed by atoms with van der Waals surface area (Å²) in [6, 6.07) is 0.307. The van der Waals surface area contributed by atoms with Gasteiger partial charge in [-0.3, -0.25) is 19.0 Å². The van der Waals surface area contributed by atoms with Crippen LogP contribution in [0, 0.1) is 5.92 Å². The lowest BCUT2D eigenvalue weighted by molar-refractivity contribution is -0.126. The van der Waals surface area contributed by atoms with Gasteiger partial charge in [0.2, 0.25) is 11.8 Å². The average molecular weight is 442 g/mol. The monoisotopic (exact) mass is 441 g/mol. The van der Waals surface area contributed by atoms with Crippen LogP contribution in [0.15, 0.2) is 17.1 Å². The van der Waals surface area contributed by atoms with Crippen molar-refractivity contribution in [3.8, 4) is 5.88 Å². The molecule has 1 atom stereocenters. The first-order valence-electron chi connectivity index (χ1n) is 11.4. The van der Waals surface area contributed by atoms with Gasteiger partial charge in [0.05, 0.1) is 6.20 Å². The van der Waals surface area contributed by atoms with Crippen molar-refractivity contribution in [2.45, 2.75) is 71.5 Å². The lowest BCUT2D eigenvalue weighted by Gasteiger charge is -2.21. The molecule has 3 heterocycles. The molecule has 2 amide bonds. The number of hydrogen-bond donors (Lipinski definition) is 2. The van der Waals surface area contributed by atoms with Gasteiger partial charge in [-0.1, -0.05) is 20.8 Å². The number of nitrogens with one attached hydrogen (secondary N) is 1. The highest BCUT2D eigenvalue weighted by atomic mass is 16.3. The van der Waals surface area contributed by atoms with Gasteiger partial charge in [-0.05, 0) is 44.1 Å². The zero-order valence-electron chi connectivity index (χ0n) is 18.9. The minimum Gasteiger partial charge on any atom is -0.494 e. The molecule has 1 saturated carbocycles. The third-order valence-corrected chi connectivity index (χ3v) is 6.14. The van der Waals surface area contributed by atoms with Gasteiger partial charge in [0.25, 0.3) is 11.5 Å². The molecule has 2 fully saturated rings. The lowest BCUT2D eigenvalue weighted by atomic mass is 10.1. The Kier molecular flexibility index (Phi) is 6.08. The number of aromatic hydroxyl groups is 1. The summed E-state index contributed by atoms with van der Waals surface area (Å²) in [5, 5.41) is 17.9. The molecular weight excluding hydrogens is 410 g/mol. The van der Waals surface area contributed by atoms with Gasteiger partial charge in [-0.2, -0.15) is 9.61 Å². The number of nitrogens with zero attached hydrogens (tertiary/aromatic N) is 4. The van der Waals surface area contributed by atoms with Crippen molar-refractivity contribution < 1.29 is 14.7 Å². The summed E-state index contributed by atoms with van der Waals surface area (Å²) < 4.78 is 2.68. The second-order valence-electron chi connectivity index (χ2n) is 9.16. The van der Waals surface area contributed by atoms with E-state index in [1.807, 2.05) is 18.7 Å². The maximum atomic E-state index is 13.0. The molecule has 172 valence electrons. The SMILES string of the molecule is CC[C@@H]1CCCN1C(=O)/C=C/c1cnn2c(=O)c(C(=O)NC3CC3)c(O)n(CC(C)C)c12. The number of carbonyl (C=O) groups excluding carboxylic acids is 2. The predicted octanol–water partition coefficient (Wildman–Crippen LogP) is 2.16. The highest BCUT2D eigenvalue weighted by Gasteiger charge is 2.30. The molecule has 0 aromatic carbocycles. The van der Waals surface area contributed by atoms with E-state index in [-0.39, 0.29) is 35.4 Å². The largest absolute Gasteiger partial charge is 0.494 e. The van der Waals surface area contributed by atoms with E-state index in [0.29, 0.717) is 17.8 Å². The van der Waals surface area contributed by atoms with E-state index in [1.54, 1.807) is 6.08 Å². The molecule has 0 unspecified atom stereocenters. The standard InChI is InChI=1S/C23H31N5O4/c1-4-17-6-5-11-26(17)18(29)10-7-15-12-24-28-21(15)27(13-14(2)3)22(31)19(23(28)32)20(30)25-16-8-9-16/h7,10,12,14,16-17,31H,4-6,8-9,11,13H2,1-3H3,(H,25,30)/b10-7+/t17-/m1/s1. The predicted molar refractivity (Wildman–Crippen MR) is 121 cm³/mol. The highest BCUT2D eigenvalue weighted by Crippen LogP contribution is 2.25. The summed E-state index contributed by atoms with van der Waals surface area (Å²) in [4.78, 5) is 40.3. The van der Waals surface area contributed by atoms with Crippen molar-refractivity contribution in [3.05, 3.63) is 33.8 Å². The van der Waals surface area contributed by atoms with Gasteiger partial charge in [0, 0.05) is 36.8 Å². The molecule has 4 rings (SSSR count). The summed E-state index contributed by atoms with van der Waals surface area (Å²) in [5.41, 5.74) is -0.0793. The molecule has 2 aromatic heterocycles. The Morgan fingerprint density at radius 3 is 2.72 bits per heavy atom. The molecule has 9 heteroatoms. The van der Waals surface area contributed by atoms with Gasteiger partial charge in [-0.15, -0.1) is 0 Å². The van der Waals surface area contributed by atoms with Gasteiger partial charge < -0.3 is 15.3 Å². The Balaban J connectivity index is 1.75. The van der Waals surface area contributed by atoms with Crippen LogP contribution in [0.2, 0.25) is 0 Å².